The summed E-state index contributed by atoms with van der Waals surface area (Å²) in [5.74, 6) is -0.358. The Kier molecular flexibility index (Phi) is 28.4. The third kappa shape index (κ3) is 26.5. The molecule has 0 aliphatic carbocycles. The summed E-state index contributed by atoms with van der Waals surface area (Å²) in [6.45, 7) is 15.7. The molecule has 0 unspecified atom stereocenters. The van der Waals surface area contributed by atoms with E-state index in [4.69, 9.17) is 47.4 Å². The number of esters is 1. The molecule has 0 amide bonds. The first-order valence-corrected chi connectivity index (χ1v) is 15.9. The Morgan fingerprint density at radius 1 is 0.568 bits per heavy atom. The van der Waals surface area contributed by atoms with Crippen LogP contribution in [-0.4, -0.2) is 138 Å². The molecule has 256 valence electrons. The second-order valence-corrected chi connectivity index (χ2v) is 9.81. The van der Waals surface area contributed by atoms with Crippen molar-refractivity contribution in [2.75, 3.05) is 131 Å². The van der Waals surface area contributed by atoms with Gasteiger partial charge in [0.2, 0.25) is 0 Å². The van der Waals surface area contributed by atoms with Gasteiger partial charge in [0.25, 0.3) is 0 Å². The molecule has 44 heavy (non-hydrogen) atoms. The van der Waals surface area contributed by atoms with Crippen LogP contribution in [-0.2, 0) is 47.4 Å². The Labute approximate surface area is 264 Å². The normalized spacial score (nSPS) is 11.4. The zero-order valence-electron chi connectivity index (χ0n) is 27.2. The van der Waals surface area contributed by atoms with Crippen LogP contribution >= 0.6 is 0 Å². The van der Waals surface area contributed by atoms with Crippen molar-refractivity contribution in [2.24, 2.45) is 0 Å². The van der Waals surface area contributed by atoms with E-state index in [1.165, 1.54) is 0 Å². The first-order valence-electron chi connectivity index (χ1n) is 15.9. The molecule has 0 fully saturated rings. The monoisotopic (exact) mass is 631 g/mol. The van der Waals surface area contributed by atoms with Crippen molar-refractivity contribution in [1.29, 1.82) is 0 Å². The SMILES string of the molecule is CCCCNc1ccc(C(=O)OCCOCCOCCOCCOCCOCCOCCOCCOCCOC(C)C)cc1. The van der Waals surface area contributed by atoms with Crippen molar-refractivity contribution in [1.82, 2.24) is 0 Å². The molecule has 12 nitrogen and oxygen atoms in total. The van der Waals surface area contributed by atoms with E-state index in [0.717, 1.165) is 25.1 Å². The summed E-state index contributed by atoms with van der Waals surface area (Å²) >= 11 is 0. The minimum Gasteiger partial charge on any atom is -0.460 e. The molecule has 0 aliphatic rings. The van der Waals surface area contributed by atoms with E-state index < -0.39 is 0 Å². The summed E-state index contributed by atoms with van der Waals surface area (Å²) in [6.07, 6.45) is 2.48. The van der Waals surface area contributed by atoms with Gasteiger partial charge in [0.1, 0.15) is 6.61 Å². The van der Waals surface area contributed by atoms with Crippen LogP contribution in [0.4, 0.5) is 5.69 Å². The molecule has 0 bridgehead atoms. The number of hydrogen-bond acceptors (Lipinski definition) is 12. The Hall–Kier alpha value is -1.87. The Morgan fingerprint density at radius 2 is 0.932 bits per heavy atom. The first-order chi connectivity index (χ1) is 21.6. The van der Waals surface area contributed by atoms with Crippen LogP contribution in [0.25, 0.3) is 0 Å². The highest BCUT2D eigenvalue weighted by molar-refractivity contribution is 5.89. The highest BCUT2D eigenvalue weighted by Crippen LogP contribution is 2.10. The minimum atomic E-state index is -0.358. The van der Waals surface area contributed by atoms with Gasteiger partial charge >= 0.3 is 5.97 Å². The molecule has 1 rings (SSSR count). The summed E-state index contributed by atoms with van der Waals surface area (Å²) in [5.41, 5.74) is 1.52. The van der Waals surface area contributed by atoms with E-state index in [-0.39, 0.29) is 18.7 Å². The number of carbonyl (C=O) groups excluding carboxylic acids is 1. The lowest BCUT2D eigenvalue weighted by Gasteiger charge is -2.09. The van der Waals surface area contributed by atoms with Crippen molar-refractivity contribution in [3.05, 3.63) is 29.8 Å². The van der Waals surface area contributed by atoms with Gasteiger partial charge in [0.15, 0.2) is 0 Å². The fraction of sp³-hybridized carbons (Fsp3) is 0.781. The van der Waals surface area contributed by atoms with Crippen molar-refractivity contribution >= 4 is 11.7 Å². The standard InChI is InChI=1S/C32H57NO11/c1-4-5-10-33-31-8-6-30(7-9-31)32(34)44-28-26-42-24-22-40-20-18-38-16-14-36-12-11-35-13-15-37-17-19-39-21-23-41-25-27-43-29(2)3/h6-9,29,33H,4-5,10-28H2,1-3H3. The van der Waals surface area contributed by atoms with Crippen LogP contribution in [0.1, 0.15) is 44.0 Å². The molecule has 1 N–H and O–H groups in total. The molecule has 1 aromatic rings. The van der Waals surface area contributed by atoms with Gasteiger partial charge in [-0.3, -0.25) is 0 Å². The number of hydrogen-bond donors (Lipinski definition) is 1. The topological polar surface area (TPSA) is 121 Å². The van der Waals surface area contributed by atoms with Crippen LogP contribution in [0, 0.1) is 0 Å². The number of rotatable bonds is 33. The van der Waals surface area contributed by atoms with Gasteiger partial charge < -0.3 is 52.7 Å². The zero-order chi connectivity index (χ0) is 31.8. The van der Waals surface area contributed by atoms with Gasteiger partial charge in [-0.05, 0) is 44.5 Å². The molecule has 1 aromatic carbocycles. The predicted molar refractivity (Wildman–Crippen MR) is 168 cm³/mol. The van der Waals surface area contributed by atoms with Crippen molar-refractivity contribution in [3.8, 4) is 0 Å². The Balaban J connectivity index is 1.73. The Morgan fingerprint density at radius 3 is 1.30 bits per heavy atom. The lowest BCUT2D eigenvalue weighted by Crippen LogP contribution is -2.15. The van der Waals surface area contributed by atoms with Gasteiger partial charge in [-0.15, -0.1) is 0 Å². The van der Waals surface area contributed by atoms with Crippen molar-refractivity contribution in [2.45, 2.75) is 39.7 Å². The number of unbranched alkanes of at least 4 members (excludes halogenated alkanes) is 1. The lowest BCUT2D eigenvalue weighted by atomic mass is 10.2. The molecule has 0 saturated heterocycles. The average Bonchev–Trinajstić information content (AvgIpc) is 3.02. The second-order valence-electron chi connectivity index (χ2n) is 9.81. The summed E-state index contributed by atoms with van der Waals surface area (Å²) < 4.78 is 54.2. The van der Waals surface area contributed by atoms with Crippen LogP contribution in [0.5, 0.6) is 0 Å². The fourth-order valence-corrected chi connectivity index (χ4v) is 3.39. The molecule has 0 aromatic heterocycles. The number of ether oxygens (including phenoxy) is 10. The molecule has 0 aliphatic heterocycles. The molecule has 0 radical (unpaired) electrons. The molecule has 0 saturated carbocycles. The van der Waals surface area contributed by atoms with Gasteiger partial charge in [0.05, 0.1) is 124 Å². The van der Waals surface area contributed by atoms with Crippen molar-refractivity contribution in [3.63, 3.8) is 0 Å². The third-order valence-electron chi connectivity index (χ3n) is 5.72. The van der Waals surface area contributed by atoms with Crippen LogP contribution in [0.15, 0.2) is 24.3 Å². The highest BCUT2D eigenvalue weighted by atomic mass is 16.6. The summed E-state index contributed by atoms with van der Waals surface area (Å²) in [6, 6.07) is 7.29. The molecular formula is C32H57NO11. The number of benzene rings is 1. The van der Waals surface area contributed by atoms with Gasteiger partial charge in [0, 0.05) is 12.2 Å². The molecule has 0 spiro atoms. The first kappa shape index (κ1) is 40.2. The maximum atomic E-state index is 12.1. The summed E-state index contributed by atoms with van der Waals surface area (Å²) in [5, 5.41) is 3.32. The van der Waals surface area contributed by atoms with Crippen LogP contribution in [0.3, 0.4) is 0 Å². The quantitative estimate of drug-likeness (QED) is 0.0901. The second kappa shape index (κ2) is 31.1. The maximum Gasteiger partial charge on any atom is 0.338 e. The minimum absolute atomic E-state index is 0.194. The fourth-order valence-electron chi connectivity index (χ4n) is 3.39. The van der Waals surface area contributed by atoms with Gasteiger partial charge in [-0.2, -0.15) is 0 Å². The average molecular weight is 632 g/mol. The number of carbonyl (C=O) groups is 1. The zero-order valence-corrected chi connectivity index (χ0v) is 27.2. The summed E-state index contributed by atoms with van der Waals surface area (Å²) in [4.78, 5) is 12.1. The van der Waals surface area contributed by atoms with Crippen LogP contribution in [0.2, 0.25) is 0 Å². The summed E-state index contributed by atoms with van der Waals surface area (Å²) in [7, 11) is 0. The maximum absolute atomic E-state index is 12.1. The third-order valence-corrected chi connectivity index (χ3v) is 5.72. The Bertz CT molecular complexity index is 752. The van der Waals surface area contributed by atoms with Crippen molar-refractivity contribution < 1.29 is 52.2 Å². The molecule has 12 heteroatoms. The molecule has 0 atom stereocenters. The van der Waals surface area contributed by atoms with Gasteiger partial charge in [-0.25, -0.2) is 4.79 Å². The van der Waals surface area contributed by atoms with E-state index in [9.17, 15) is 4.79 Å². The smallest absolute Gasteiger partial charge is 0.338 e. The lowest BCUT2D eigenvalue weighted by molar-refractivity contribution is -0.0275. The highest BCUT2D eigenvalue weighted by Gasteiger charge is 2.06. The molecule has 0 heterocycles. The van der Waals surface area contributed by atoms with E-state index in [2.05, 4.69) is 12.2 Å². The van der Waals surface area contributed by atoms with E-state index in [1.54, 1.807) is 12.1 Å². The molecular weight excluding hydrogens is 574 g/mol. The van der Waals surface area contributed by atoms with Crippen LogP contribution < -0.4 is 5.32 Å². The van der Waals surface area contributed by atoms with E-state index in [0.29, 0.717) is 118 Å². The number of nitrogens with one attached hydrogen (secondary N) is 1. The van der Waals surface area contributed by atoms with E-state index in [1.807, 2.05) is 26.0 Å². The predicted octanol–water partition coefficient (Wildman–Crippen LogP) is 3.61. The van der Waals surface area contributed by atoms with Gasteiger partial charge in [-0.1, -0.05) is 13.3 Å². The van der Waals surface area contributed by atoms with E-state index >= 15 is 0 Å². The largest absolute Gasteiger partial charge is 0.460 e. The number of anilines is 1.